The van der Waals surface area contributed by atoms with Gasteiger partial charge < -0.3 is 0 Å². The third-order valence-electron chi connectivity index (χ3n) is 1.92. The standard InChI is InChI=1S/C9H8BrF3OS/c1-3-5(14)6-7(9(11,12)13)4(2)15-8(6)10/h3H2,1-2H3. The highest BCUT2D eigenvalue weighted by Crippen LogP contribution is 2.42. The summed E-state index contributed by atoms with van der Waals surface area (Å²) >= 11 is 3.94. The van der Waals surface area contributed by atoms with Crippen molar-refractivity contribution in [1.82, 2.24) is 0 Å². The van der Waals surface area contributed by atoms with Gasteiger partial charge in [-0.15, -0.1) is 11.3 Å². The van der Waals surface area contributed by atoms with E-state index < -0.39 is 17.5 Å². The Labute approximate surface area is 97.4 Å². The molecule has 15 heavy (non-hydrogen) atoms. The molecular weight excluding hydrogens is 293 g/mol. The Morgan fingerprint density at radius 3 is 2.40 bits per heavy atom. The molecule has 84 valence electrons. The Hall–Kier alpha value is -0.360. The molecule has 0 aliphatic carbocycles. The number of Topliss-reactive ketones (excluding diaryl/α,β-unsaturated/α-hetero) is 1. The predicted molar refractivity (Wildman–Crippen MR) is 56.4 cm³/mol. The molecule has 0 bridgehead atoms. The Morgan fingerprint density at radius 1 is 1.47 bits per heavy atom. The van der Waals surface area contributed by atoms with Gasteiger partial charge in [0, 0.05) is 11.3 Å². The summed E-state index contributed by atoms with van der Waals surface area (Å²) in [4.78, 5) is 11.5. The van der Waals surface area contributed by atoms with Gasteiger partial charge >= 0.3 is 6.18 Å². The van der Waals surface area contributed by atoms with E-state index in [1.807, 2.05) is 0 Å². The van der Waals surface area contributed by atoms with Gasteiger partial charge in [0.15, 0.2) is 5.78 Å². The molecule has 0 saturated heterocycles. The first kappa shape index (κ1) is 12.7. The van der Waals surface area contributed by atoms with Crippen LogP contribution in [0.25, 0.3) is 0 Å². The molecule has 1 heterocycles. The minimum atomic E-state index is -4.47. The van der Waals surface area contributed by atoms with Gasteiger partial charge in [-0.1, -0.05) is 6.92 Å². The normalized spacial score (nSPS) is 11.9. The second-order valence-electron chi connectivity index (χ2n) is 2.96. The van der Waals surface area contributed by atoms with Crippen LogP contribution in [0.2, 0.25) is 0 Å². The highest BCUT2D eigenvalue weighted by molar-refractivity contribution is 9.11. The van der Waals surface area contributed by atoms with Crippen molar-refractivity contribution in [2.45, 2.75) is 26.4 Å². The highest BCUT2D eigenvalue weighted by atomic mass is 79.9. The van der Waals surface area contributed by atoms with E-state index in [-0.39, 0.29) is 20.6 Å². The molecule has 1 aromatic rings. The molecule has 0 saturated carbocycles. The van der Waals surface area contributed by atoms with E-state index in [1.165, 1.54) is 6.92 Å². The van der Waals surface area contributed by atoms with Crippen LogP contribution in [0, 0.1) is 6.92 Å². The Kier molecular flexibility index (Phi) is 3.60. The topological polar surface area (TPSA) is 17.1 Å². The lowest BCUT2D eigenvalue weighted by molar-refractivity contribution is -0.138. The van der Waals surface area contributed by atoms with Crippen molar-refractivity contribution in [3.05, 3.63) is 19.8 Å². The Balaban J connectivity index is 3.43. The molecular formula is C9H8BrF3OS. The van der Waals surface area contributed by atoms with E-state index in [4.69, 9.17) is 0 Å². The van der Waals surface area contributed by atoms with Gasteiger partial charge in [-0.05, 0) is 22.9 Å². The molecule has 0 N–H and O–H groups in total. The van der Waals surface area contributed by atoms with E-state index in [2.05, 4.69) is 15.9 Å². The van der Waals surface area contributed by atoms with Gasteiger partial charge in [0.2, 0.25) is 0 Å². The van der Waals surface area contributed by atoms with Crippen LogP contribution in [0.3, 0.4) is 0 Å². The second-order valence-corrected chi connectivity index (χ2v) is 5.50. The van der Waals surface area contributed by atoms with E-state index in [9.17, 15) is 18.0 Å². The van der Waals surface area contributed by atoms with Crippen LogP contribution in [-0.2, 0) is 6.18 Å². The summed E-state index contributed by atoms with van der Waals surface area (Å²) in [6.07, 6.45) is -4.40. The lowest BCUT2D eigenvalue weighted by Gasteiger charge is -2.08. The van der Waals surface area contributed by atoms with Gasteiger partial charge in [0.25, 0.3) is 0 Å². The van der Waals surface area contributed by atoms with Crippen molar-refractivity contribution in [2.75, 3.05) is 0 Å². The van der Waals surface area contributed by atoms with Gasteiger partial charge in [0.1, 0.15) is 0 Å². The average Bonchev–Trinajstić information content (AvgIpc) is 2.38. The third-order valence-corrected chi connectivity index (χ3v) is 3.70. The van der Waals surface area contributed by atoms with Crippen LogP contribution >= 0.6 is 27.3 Å². The molecule has 0 aliphatic heterocycles. The molecule has 0 amide bonds. The maximum absolute atomic E-state index is 12.7. The molecule has 0 aromatic carbocycles. The van der Waals surface area contributed by atoms with Crippen molar-refractivity contribution in [2.24, 2.45) is 0 Å². The first-order valence-corrected chi connectivity index (χ1v) is 5.79. The van der Waals surface area contributed by atoms with E-state index in [0.717, 1.165) is 11.3 Å². The number of hydrogen-bond acceptors (Lipinski definition) is 2. The number of aryl methyl sites for hydroxylation is 1. The molecule has 0 spiro atoms. The average molecular weight is 301 g/mol. The number of carbonyl (C=O) groups excluding carboxylic acids is 1. The number of thiophene rings is 1. The predicted octanol–water partition coefficient (Wildman–Crippen LogP) is 4.43. The van der Waals surface area contributed by atoms with Crippen LogP contribution in [0.15, 0.2) is 3.79 Å². The summed E-state index contributed by atoms with van der Waals surface area (Å²) < 4.78 is 38.2. The summed E-state index contributed by atoms with van der Waals surface area (Å²) in [5, 5.41) is 0. The molecule has 0 unspecified atom stereocenters. The quantitative estimate of drug-likeness (QED) is 0.739. The molecule has 1 nitrogen and oxygen atoms in total. The zero-order chi connectivity index (χ0) is 11.8. The van der Waals surface area contributed by atoms with Gasteiger partial charge in [-0.25, -0.2) is 0 Å². The first-order valence-electron chi connectivity index (χ1n) is 4.18. The van der Waals surface area contributed by atoms with Crippen LogP contribution in [0.5, 0.6) is 0 Å². The molecule has 6 heteroatoms. The lowest BCUT2D eigenvalue weighted by Crippen LogP contribution is -2.12. The van der Waals surface area contributed by atoms with Crippen LogP contribution in [-0.4, -0.2) is 5.78 Å². The highest BCUT2D eigenvalue weighted by Gasteiger charge is 2.39. The van der Waals surface area contributed by atoms with Gasteiger partial charge in [-0.2, -0.15) is 13.2 Å². The SMILES string of the molecule is CCC(=O)c1c(Br)sc(C)c1C(F)(F)F. The molecule has 0 fully saturated rings. The van der Waals surface area contributed by atoms with Crippen LogP contribution in [0.4, 0.5) is 13.2 Å². The molecule has 0 radical (unpaired) electrons. The van der Waals surface area contributed by atoms with Crippen molar-refractivity contribution >= 4 is 33.0 Å². The van der Waals surface area contributed by atoms with Crippen molar-refractivity contribution < 1.29 is 18.0 Å². The number of hydrogen-bond donors (Lipinski definition) is 0. The van der Waals surface area contributed by atoms with E-state index >= 15 is 0 Å². The summed E-state index contributed by atoms with van der Waals surface area (Å²) in [6, 6.07) is 0. The summed E-state index contributed by atoms with van der Waals surface area (Å²) in [5.74, 6) is -0.487. The largest absolute Gasteiger partial charge is 0.418 e. The van der Waals surface area contributed by atoms with Crippen molar-refractivity contribution in [1.29, 1.82) is 0 Å². The van der Waals surface area contributed by atoms with E-state index in [0.29, 0.717) is 0 Å². The fraction of sp³-hybridized carbons (Fsp3) is 0.444. The monoisotopic (exact) mass is 300 g/mol. The van der Waals surface area contributed by atoms with Crippen LogP contribution in [0.1, 0.15) is 34.1 Å². The Morgan fingerprint density at radius 2 is 2.00 bits per heavy atom. The minimum Gasteiger partial charge on any atom is -0.294 e. The smallest absolute Gasteiger partial charge is 0.294 e. The number of carbonyl (C=O) groups is 1. The summed E-state index contributed by atoms with van der Waals surface area (Å²) in [6.45, 7) is 2.91. The minimum absolute atomic E-state index is 0.0673. The molecule has 0 atom stereocenters. The van der Waals surface area contributed by atoms with Crippen molar-refractivity contribution in [3.63, 3.8) is 0 Å². The zero-order valence-corrected chi connectivity index (χ0v) is 10.4. The number of ketones is 1. The zero-order valence-electron chi connectivity index (χ0n) is 8.04. The van der Waals surface area contributed by atoms with E-state index in [1.54, 1.807) is 6.92 Å². The molecule has 1 aromatic heterocycles. The lowest BCUT2D eigenvalue weighted by atomic mass is 10.1. The number of alkyl halides is 3. The second kappa shape index (κ2) is 4.25. The summed E-state index contributed by atoms with van der Waals surface area (Å²) in [7, 11) is 0. The molecule has 1 rings (SSSR count). The maximum Gasteiger partial charge on any atom is 0.418 e. The first-order chi connectivity index (χ1) is 6.79. The van der Waals surface area contributed by atoms with Crippen LogP contribution < -0.4 is 0 Å². The molecule has 0 aliphatic rings. The maximum atomic E-state index is 12.7. The summed E-state index contributed by atoms with van der Waals surface area (Å²) in [5.41, 5.74) is -1.03. The number of rotatable bonds is 2. The number of halogens is 4. The Bertz CT molecular complexity index is 395. The third kappa shape index (κ3) is 2.42. The van der Waals surface area contributed by atoms with Gasteiger partial charge in [0.05, 0.1) is 14.9 Å². The van der Waals surface area contributed by atoms with Crippen molar-refractivity contribution in [3.8, 4) is 0 Å². The fourth-order valence-electron chi connectivity index (χ4n) is 1.28. The fourth-order valence-corrected chi connectivity index (χ4v) is 3.33. The van der Waals surface area contributed by atoms with Gasteiger partial charge in [-0.3, -0.25) is 4.79 Å².